The molecule has 0 atom stereocenters. The molecule has 78 valence electrons. The van der Waals surface area contributed by atoms with Crippen molar-refractivity contribution in [1.82, 2.24) is 4.98 Å². The van der Waals surface area contributed by atoms with E-state index in [1.807, 2.05) is 0 Å². The highest BCUT2D eigenvalue weighted by Crippen LogP contribution is 2.19. The zero-order valence-electron chi connectivity index (χ0n) is 7.28. The Kier molecular flexibility index (Phi) is 4.16. The maximum absolute atomic E-state index is 11.6. The van der Waals surface area contributed by atoms with Crippen LogP contribution in [0.2, 0.25) is 5.02 Å². The summed E-state index contributed by atoms with van der Waals surface area (Å²) < 4.78 is 23.2. The van der Waals surface area contributed by atoms with Crippen LogP contribution in [0.15, 0.2) is 23.4 Å². The molecule has 6 heteroatoms. The van der Waals surface area contributed by atoms with Gasteiger partial charge in [0.2, 0.25) is 0 Å². The fraction of sp³-hybridized carbons (Fsp3) is 0.375. The number of sulfone groups is 1. The molecule has 1 heterocycles. The van der Waals surface area contributed by atoms with E-state index < -0.39 is 9.84 Å². The quantitative estimate of drug-likeness (QED) is 0.773. The molecule has 0 unspecified atom stereocenters. The van der Waals surface area contributed by atoms with E-state index in [1.54, 1.807) is 6.07 Å². The van der Waals surface area contributed by atoms with E-state index in [0.717, 1.165) is 0 Å². The third kappa shape index (κ3) is 2.83. The van der Waals surface area contributed by atoms with E-state index in [4.69, 9.17) is 23.2 Å². The fourth-order valence-electron chi connectivity index (χ4n) is 0.941. The third-order valence-corrected chi connectivity index (χ3v) is 3.99. The summed E-state index contributed by atoms with van der Waals surface area (Å²) in [5.41, 5.74) is 0. The monoisotopic (exact) mass is 253 g/mol. The molecule has 0 aliphatic heterocycles. The van der Waals surface area contributed by atoms with Crippen LogP contribution in [0.25, 0.3) is 0 Å². The summed E-state index contributed by atoms with van der Waals surface area (Å²) in [5, 5.41) is 0.0915. The van der Waals surface area contributed by atoms with Crippen LogP contribution in [0.1, 0.15) is 6.42 Å². The van der Waals surface area contributed by atoms with Crippen LogP contribution in [-0.2, 0) is 9.84 Å². The number of alkyl halides is 1. The molecule has 0 aromatic carbocycles. The van der Waals surface area contributed by atoms with Crippen molar-refractivity contribution in [3.63, 3.8) is 0 Å². The standard InChI is InChI=1S/C8H9Cl2NO2S/c9-4-2-6-14(12,13)8-7(10)3-1-5-11-8/h1,3,5H,2,4,6H2. The second kappa shape index (κ2) is 4.96. The van der Waals surface area contributed by atoms with E-state index in [0.29, 0.717) is 12.3 Å². The molecular weight excluding hydrogens is 245 g/mol. The molecule has 0 bridgehead atoms. The Labute approximate surface area is 93.0 Å². The summed E-state index contributed by atoms with van der Waals surface area (Å²) in [6, 6.07) is 3.09. The summed E-state index contributed by atoms with van der Waals surface area (Å²) in [4.78, 5) is 3.74. The van der Waals surface area contributed by atoms with Gasteiger partial charge in [-0.05, 0) is 18.6 Å². The van der Waals surface area contributed by atoms with Gasteiger partial charge in [-0.25, -0.2) is 13.4 Å². The van der Waals surface area contributed by atoms with Gasteiger partial charge in [-0.2, -0.15) is 0 Å². The van der Waals surface area contributed by atoms with Crippen molar-refractivity contribution in [3.8, 4) is 0 Å². The molecular formula is C8H9Cl2NO2S. The first-order valence-corrected chi connectivity index (χ1v) is 6.53. The van der Waals surface area contributed by atoms with E-state index in [-0.39, 0.29) is 15.8 Å². The van der Waals surface area contributed by atoms with Crippen LogP contribution >= 0.6 is 23.2 Å². The first-order chi connectivity index (χ1) is 6.58. The molecule has 0 saturated carbocycles. The Bertz CT molecular complexity index is 406. The number of aromatic nitrogens is 1. The zero-order chi connectivity index (χ0) is 10.6. The van der Waals surface area contributed by atoms with E-state index in [2.05, 4.69) is 4.98 Å². The van der Waals surface area contributed by atoms with Gasteiger partial charge in [-0.1, -0.05) is 11.6 Å². The maximum atomic E-state index is 11.6. The van der Waals surface area contributed by atoms with E-state index >= 15 is 0 Å². The number of halogens is 2. The lowest BCUT2D eigenvalue weighted by molar-refractivity contribution is 0.591. The van der Waals surface area contributed by atoms with Crippen molar-refractivity contribution in [2.75, 3.05) is 11.6 Å². The van der Waals surface area contributed by atoms with Gasteiger partial charge in [0.1, 0.15) is 0 Å². The second-order valence-electron chi connectivity index (χ2n) is 2.65. The van der Waals surface area contributed by atoms with Gasteiger partial charge in [0.15, 0.2) is 14.9 Å². The molecule has 0 radical (unpaired) electrons. The van der Waals surface area contributed by atoms with Crippen molar-refractivity contribution >= 4 is 33.0 Å². The van der Waals surface area contributed by atoms with Gasteiger partial charge in [-0.15, -0.1) is 11.6 Å². The van der Waals surface area contributed by atoms with Gasteiger partial charge in [0.25, 0.3) is 0 Å². The summed E-state index contributed by atoms with van der Waals surface area (Å²) in [6.45, 7) is 0. The van der Waals surface area contributed by atoms with Crippen LogP contribution < -0.4 is 0 Å². The first kappa shape index (κ1) is 11.8. The summed E-state index contributed by atoms with van der Waals surface area (Å²) >= 11 is 11.1. The SMILES string of the molecule is O=S(=O)(CCCCl)c1ncccc1Cl. The topological polar surface area (TPSA) is 47.0 Å². The molecule has 0 N–H and O–H groups in total. The molecule has 0 fully saturated rings. The van der Waals surface area contributed by atoms with Gasteiger partial charge in [0.05, 0.1) is 10.8 Å². The summed E-state index contributed by atoms with van der Waals surface area (Å²) in [7, 11) is -3.38. The molecule has 1 rings (SSSR count). The molecule has 0 spiro atoms. The highest BCUT2D eigenvalue weighted by atomic mass is 35.5. The predicted molar refractivity (Wildman–Crippen MR) is 56.6 cm³/mol. The Morgan fingerprint density at radius 1 is 1.43 bits per heavy atom. The largest absolute Gasteiger partial charge is 0.243 e. The van der Waals surface area contributed by atoms with Crippen LogP contribution in [0.5, 0.6) is 0 Å². The lowest BCUT2D eigenvalue weighted by atomic mass is 10.5. The molecule has 3 nitrogen and oxygen atoms in total. The Morgan fingerprint density at radius 3 is 2.71 bits per heavy atom. The van der Waals surface area contributed by atoms with Gasteiger partial charge >= 0.3 is 0 Å². The van der Waals surface area contributed by atoms with Crippen LogP contribution in [0, 0.1) is 0 Å². The first-order valence-electron chi connectivity index (χ1n) is 3.97. The highest BCUT2D eigenvalue weighted by Gasteiger charge is 2.18. The summed E-state index contributed by atoms with van der Waals surface area (Å²) in [5.74, 6) is 0.289. The number of pyridine rings is 1. The number of nitrogens with zero attached hydrogens (tertiary/aromatic N) is 1. The average molecular weight is 254 g/mol. The fourth-order valence-corrected chi connectivity index (χ4v) is 3.01. The minimum Gasteiger partial charge on any atom is -0.243 e. The molecule has 0 amide bonds. The minimum absolute atomic E-state index is 0.0206. The predicted octanol–water partition coefficient (Wildman–Crippen LogP) is 2.14. The molecule has 1 aromatic heterocycles. The Hall–Kier alpha value is -0.320. The summed E-state index contributed by atoms with van der Waals surface area (Å²) in [6.07, 6.45) is 1.80. The molecule has 0 aliphatic rings. The number of rotatable bonds is 4. The van der Waals surface area contributed by atoms with Crippen molar-refractivity contribution in [2.45, 2.75) is 11.4 Å². The molecule has 1 aromatic rings. The van der Waals surface area contributed by atoms with Gasteiger partial charge in [-0.3, -0.25) is 0 Å². The van der Waals surface area contributed by atoms with Gasteiger partial charge in [0, 0.05) is 12.1 Å². The Balaban J connectivity index is 2.99. The van der Waals surface area contributed by atoms with Crippen molar-refractivity contribution < 1.29 is 8.42 Å². The lowest BCUT2D eigenvalue weighted by Gasteiger charge is -2.03. The van der Waals surface area contributed by atoms with Crippen LogP contribution in [0.4, 0.5) is 0 Å². The maximum Gasteiger partial charge on any atom is 0.197 e. The van der Waals surface area contributed by atoms with Gasteiger partial charge < -0.3 is 0 Å². The minimum atomic E-state index is -3.38. The molecule has 14 heavy (non-hydrogen) atoms. The van der Waals surface area contributed by atoms with Crippen LogP contribution in [0.3, 0.4) is 0 Å². The lowest BCUT2D eigenvalue weighted by Crippen LogP contribution is -2.09. The van der Waals surface area contributed by atoms with E-state index in [1.165, 1.54) is 12.3 Å². The number of hydrogen-bond donors (Lipinski definition) is 0. The normalized spacial score (nSPS) is 11.6. The van der Waals surface area contributed by atoms with Crippen molar-refractivity contribution in [3.05, 3.63) is 23.4 Å². The smallest absolute Gasteiger partial charge is 0.197 e. The molecule has 0 aliphatic carbocycles. The van der Waals surface area contributed by atoms with Crippen molar-refractivity contribution in [2.24, 2.45) is 0 Å². The second-order valence-corrected chi connectivity index (χ2v) is 5.46. The number of hydrogen-bond acceptors (Lipinski definition) is 3. The average Bonchev–Trinajstić information content (AvgIpc) is 2.15. The Morgan fingerprint density at radius 2 is 2.14 bits per heavy atom. The third-order valence-electron chi connectivity index (χ3n) is 1.57. The van der Waals surface area contributed by atoms with E-state index in [9.17, 15) is 8.42 Å². The van der Waals surface area contributed by atoms with Crippen LogP contribution in [-0.4, -0.2) is 25.0 Å². The van der Waals surface area contributed by atoms with Crippen molar-refractivity contribution in [1.29, 1.82) is 0 Å². The zero-order valence-corrected chi connectivity index (χ0v) is 9.61. The molecule has 0 saturated heterocycles. The highest BCUT2D eigenvalue weighted by molar-refractivity contribution is 7.91.